The molecule has 6 heteroatoms. The Morgan fingerprint density at radius 2 is 1.47 bits per heavy atom. The van der Waals surface area contributed by atoms with Crippen molar-refractivity contribution in [3.63, 3.8) is 0 Å². The Bertz CT molecular complexity index is 205. The quantitative estimate of drug-likeness (QED) is 0.528. The minimum Gasteiger partial charge on any atom is -0.396 e. The number of rotatable bonds is 7. The van der Waals surface area contributed by atoms with Crippen LogP contribution in [0.5, 0.6) is 0 Å². The molecule has 0 unspecified atom stereocenters. The van der Waals surface area contributed by atoms with E-state index < -0.39 is 10.0 Å². The van der Waals surface area contributed by atoms with Crippen LogP contribution in [-0.2, 0) is 8.85 Å². The Hall–Kier alpha value is 0.377. The van der Waals surface area contributed by atoms with Gasteiger partial charge in [0.05, 0.1) is 0 Å². The Morgan fingerprint density at radius 3 is 1.74 bits per heavy atom. The van der Waals surface area contributed by atoms with Crippen molar-refractivity contribution in [3.8, 4) is 0 Å². The maximum Gasteiger partial charge on any atom is 0.304 e. The third-order valence-corrected chi connectivity index (χ3v) is 5.10. The summed E-state index contributed by atoms with van der Waals surface area (Å²) in [7, 11) is -0.684. The highest BCUT2D eigenvalue weighted by molar-refractivity contribution is 8.22. The number of nitrogens with zero attached hydrogens (tertiary/aromatic N) is 1. The smallest absolute Gasteiger partial charge is 0.304 e. The molecular formula is C13H31NO2S2Si. The van der Waals surface area contributed by atoms with Crippen LogP contribution in [0.4, 0.5) is 0 Å². The van der Waals surface area contributed by atoms with E-state index in [2.05, 4.69) is 25.7 Å². The van der Waals surface area contributed by atoms with E-state index in [0.717, 1.165) is 23.2 Å². The standard InChI is InChI=1S/C7H15NS2.C6H16O2Si/c1-4-8(5-2)7(9)10-6-3;1-5(2)7-9-8-6(3)4/h4-6H2,1-3H3;5-6H,9H2,1-4H3. The second-order valence-electron chi connectivity index (χ2n) is 4.42. The molecule has 0 rings (SSSR count). The van der Waals surface area contributed by atoms with E-state index in [-0.39, 0.29) is 0 Å². The van der Waals surface area contributed by atoms with Gasteiger partial charge in [0.15, 0.2) is 0 Å². The SMILES string of the molecule is CC(C)O[SiH2]OC(C)C.CCSC(=S)N(CC)CC. The van der Waals surface area contributed by atoms with E-state index in [4.69, 9.17) is 21.1 Å². The second-order valence-corrected chi connectivity index (χ2v) is 7.22. The van der Waals surface area contributed by atoms with Gasteiger partial charge in [-0.1, -0.05) is 30.9 Å². The molecular weight excluding hydrogens is 294 g/mol. The summed E-state index contributed by atoms with van der Waals surface area (Å²) >= 11 is 6.91. The molecule has 0 heterocycles. The van der Waals surface area contributed by atoms with Gasteiger partial charge in [-0.2, -0.15) is 0 Å². The van der Waals surface area contributed by atoms with Crippen molar-refractivity contribution in [2.75, 3.05) is 18.8 Å². The van der Waals surface area contributed by atoms with E-state index in [1.54, 1.807) is 11.8 Å². The fourth-order valence-electron chi connectivity index (χ4n) is 1.01. The molecule has 0 aromatic heterocycles. The first kappa shape index (κ1) is 21.7. The number of thioether (sulfide) groups is 1. The molecule has 0 aromatic rings. The van der Waals surface area contributed by atoms with Gasteiger partial charge in [0.1, 0.15) is 4.32 Å². The predicted molar refractivity (Wildman–Crippen MR) is 94.6 cm³/mol. The minimum absolute atomic E-state index is 0.329. The third kappa shape index (κ3) is 16.3. The summed E-state index contributed by atoms with van der Waals surface area (Å²) in [5.41, 5.74) is 0. The van der Waals surface area contributed by atoms with Crippen LogP contribution in [0.1, 0.15) is 48.5 Å². The lowest BCUT2D eigenvalue weighted by molar-refractivity contribution is 0.152. The maximum absolute atomic E-state index is 5.27. The van der Waals surface area contributed by atoms with Gasteiger partial charge in [-0.3, -0.25) is 0 Å². The topological polar surface area (TPSA) is 21.7 Å². The first-order valence-corrected chi connectivity index (χ1v) is 9.58. The Labute approximate surface area is 131 Å². The zero-order valence-corrected chi connectivity index (χ0v) is 16.6. The minimum atomic E-state index is -0.684. The number of hydrogen-bond acceptors (Lipinski definition) is 4. The molecule has 0 spiro atoms. The highest BCUT2D eigenvalue weighted by atomic mass is 32.2. The summed E-state index contributed by atoms with van der Waals surface area (Å²) in [6.07, 6.45) is 0.658. The van der Waals surface area contributed by atoms with Crippen LogP contribution in [0.15, 0.2) is 0 Å². The van der Waals surface area contributed by atoms with Gasteiger partial charge in [-0.15, -0.1) is 0 Å². The van der Waals surface area contributed by atoms with E-state index >= 15 is 0 Å². The van der Waals surface area contributed by atoms with Gasteiger partial charge in [-0.05, 0) is 47.3 Å². The van der Waals surface area contributed by atoms with Crippen LogP contribution in [0.25, 0.3) is 0 Å². The number of hydrogen-bond donors (Lipinski definition) is 0. The molecule has 0 bridgehead atoms. The van der Waals surface area contributed by atoms with Gasteiger partial charge < -0.3 is 13.8 Å². The second kappa shape index (κ2) is 14.8. The summed E-state index contributed by atoms with van der Waals surface area (Å²) in [4.78, 5) is 2.20. The average molecular weight is 326 g/mol. The predicted octanol–water partition coefficient (Wildman–Crippen LogP) is 3.20. The zero-order chi connectivity index (χ0) is 15.3. The highest BCUT2D eigenvalue weighted by Gasteiger charge is 2.02. The molecule has 0 radical (unpaired) electrons. The van der Waals surface area contributed by atoms with Gasteiger partial charge in [0.2, 0.25) is 0 Å². The molecule has 0 fully saturated rings. The fraction of sp³-hybridized carbons (Fsp3) is 0.923. The van der Waals surface area contributed by atoms with Crippen molar-refractivity contribution in [2.45, 2.75) is 60.7 Å². The molecule has 3 nitrogen and oxygen atoms in total. The van der Waals surface area contributed by atoms with Crippen LogP contribution >= 0.6 is 24.0 Å². The van der Waals surface area contributed by atoms with Crippen LogP contribution in [-0.4, -0.2) is 50.3 Å². The lowest BCUT2D eigenvalue weighted by atomic mass is 10.5. The van der Waals surface area contributed by atoms with Gasteiger partial charge in [0.25, 0.3) is 0 Å². The number of thiocarbonyl (C=S) groups is 1. The van der Waals surface area contributed by atoms with E-state index in [0.29, 0.717) is 12.2 Å². The highest BCUT2D eigenvalue weighted by Crippen LogP contribution is 2.07. The molecule has 0 atom stereocenters. The molecule has 19 heavy (non-hydrogen) atoms. The van der Waals surface area contributed by atoms with E-state index in [9.17, 15) is 0 Å². The van der Waals surface area contributed by atoms with Crippen LogP contribution in [0.3, 0.4) is 0 Å². The zero-order valence-electron chi connectivity index (χ0n) is 13.6. The van der Waals surface area contributed by atoms with Crippen LogP contribution in [0.2, 0.25) is 0 Å². The van der Waals surface area contributed by atoms with E-state index in [1.807, 2.05) is 27.7 Å². The Balaban J connectivity index is 0. The first-order chi connectivity index (χ1) is 8.88. The molecule has 0 amide bonds. The molecule has 0 aliphatic heterocycles. The Kier molecular flexibility index (Phi) is 16.9. The average Bonchev–Trinajstić information content (AvgIpc) is 2.30. The molecule has 116 valence electrons. The van der Waals surface area contributed by atoms with E-state index in [1.165, 1.54) is 0 Å². The molecule has 0 saturated carbocycles. The van der Waals surface area contributed by atoms with Gasteiger partial charge in [0, 0.05) is 25.3 Å². The lowest BCUT2D eigenvalue weighted by Crippen LogP contribution is -2.26. The van der Waals surface area contributed by atoms with Crippen molar-refractivity contribution >= 4 is 38.3 Å². The summed E-state index contributed by atoms with van der Waals surface area (Å²) in [6.45, 7) is 16.5. The monoisotopic (exact) mass is 325 g/mol. The molecule has 0 N–H and O–H groups in total. The normalized spacial score (nSPS) is 10.4. The first-order valence-electron chi connectivity index (χ1n) is 7.03. The summed E-state index contributed by atoms with van der Waals surface area (Å²) < 4.78 is 11.6. The van der Waals surface area contributed by atoms with Crippen molar-refractivity contribution in [2.24, 2.45) is 0 Å². The van der Waals surface area contributed by atoms with Crippen molar-refractivity contribution in [1.29, 1.82) is 0 Å². The Morgan fingerprint density at radius 1 is 1.05 bits per heavy atom. The van der Waals surface area contributed by atoms with Gasteiger partial charge >= 0.3 is 10.0 Å². The van der Waals surface area contributed by atoms with Crippen molar-refractivity contribution in [1.82, 2.24) is 4.90 Å². The van der Waals surface area contributed by atoms with Gasteiger partial charge in [-0.25, -0.2) is 0 Å². The van der Waals surface area contributed by atoms with Crippen LogP contribution < -0.4 is 0 Å². The third-order valence-electron chi connectivity index (χ3n) is 2.09. The molecule has 0 saturated heterocycles. The van der Waals surface area contributed by atoms with Crippen molar-refractivity contribution in [3.05, 3.63) is 0 Å². The van der Waals surface area contributed by atoms with Crippen LogP contribution in [0, 0.1) is 0 Å². The molecule has 0 aliphatic rings. The largest absolute Gasteiger partial charge is 0.396 e. The lowest BCUT2D eigenvalue weighted by Gasteiger charge is -2.20. The summed E-state index contributed by atoms with van der Waals surface area (Å²) in [6, 6.07) is 0. The summed E-state index contributed by atoms with van der Waals surface area (Å²) in [5, 5.41) is 0. The summed E-state index contributed by atoms with van der Waals surface area (Å²) in [5.74, 6) is 1.08. The van der Waals surface area contributed by atoms with Crippen molar-refractivity contribution < 1.29 is 8.85 Å². The molecule has 0 aliphatic carbocycles. The molecule has 0 aromatic carbocycles. The fourth-order valence-corrected chi connectivity index (χ4v) is 2.93. The maximum atomic E-state index is 5.27.